The second-order valence-electron chi connectivity index (χ2n) is 6.71. The molecule has 5 heteroatoms. The first kappa shape index (κ1) is 19.4. The van der Waals surface area contributed by atoms with E-state index in [2.05, 4.69) is 4.98 Å². The van der Waals surface area contributed by atoms with Crippen molar-refractivity contribution in [2.45, 2.75) is 40.0 Å². The molecule has 0 bridgehead atoms. The first-order chi connectivity index (χ1) is 11.8. The molecule has 1 aromatic carbocycles. The standard InChI is InChI=1S/C20H23ClFNO2/c1-4-5-11-25-19(24)20(2,3)13-14-7-6-8-15(12-14)18-16(22)9-10-17(21)23-18/h6-10,12H,4-5,11,13H2,1-3H3. The van der Waals surface area contributed by atoms with E-state index in [0.29, 0.717) is 18.6 Å². The molecule has 1 heterocycles. The number of hydrogen-bond donors (Lipinski definition) is 0. The van der Waals surface area contributed by atoms with Crippen molar-refractivity contribution in [3.8, 4) is 11.3 Å². The Morgan fingerprint density at radius 1 is 1.28 bits per heavy atom. The number of rotatable bonds is 7. The summed E-state index contributed by atoms with van der Waals surface area (Å²) < 4.78 is 19.4. The van der Waals surface area contributed by atoms with Crippen molar-refractivity contribution in [2.75, 3.05) is 6.61 Å². The summed E-state index contributed by atoms with van der Waals surface area (Å²) in [6, 6.07) is 10.1. The first-order valence-electron chi connectivity index (χ1n) is 8.42. The minimum atomic E-state index is -0.660. The molecule has 2 rings (SSSR count). The summed E-state index contributed by atoms with van der Waals surface area (Å²) >= 11 is 5.88. The molecule has 0 N–H and O–H groups in total. The lowest BCUT2D eigenvalue weighted by atomic mass is 9.85. The SMILES string of the molecule is CCCCOC(=O)C(C)(C)Cc1cccc(-c2nc(Cl)ccc2F)c1. The molecule has 0 aliphatic rings. The number of carbonyl (C=O) groups excluding carboxylic acids is 1. The largest absolute Gasteiger partial charge is 0.465 e. The lowest BCUT2D eigenvalue weighted by Crippen LogP contribution is -2.29. The lowest BCUT2D eigenvalue weighted by molar-refractivity contribution is -0.154. The molecule has 0 aliphatic heterocycles. The van der Waals surface area contributed by atoms with Crippen LogP contribution < -0.4 is 0 Å². The average Bonchev–Trinajstić information content (AvgIpc) is 2.57. The Balaban J connectivity index is 2.18. The molecule has 0 radical (unpaired) electrons. The summed E-state index contributed by atoms with van der Waals surface area (Å²) in [5.74, 6) is -0.654. The molecule has 3 nitrogen and oxygen atoms in total. The number of aromatic nitrogens is 1. The maximum Gasteiger partial charge on any atom is 0.311 e. The molecule has 0 saturated heterocycles. The van der Waals surface area contributed by atoms with Gasteiger partial charge in [-0.25, -0.2) is 9.37 Å². The van der Waals surface area contributed by atoms with Crippen LogP contribution >= 0.6 is 11.6 Å². The Kier molecular flexibility index (Phi) is 6.54. The number of carbonyl (C=O) groups is 1. The van der Waals surface area contributed by atoms with Crippen molar-refractivity contribution >= 4 is 17.6 Å². The van der Waals surface area contributed by atoms with Crippen LogP contribution in [0.5, 0.6) is 0 Å². The van der Waals surface area contributed by atoms with Gasteiger partial charge in [-0.15, -0.1) is 0 Å². The first-order valence-corrected chi connectivity index (χ1v) is 8.80. The molecule has 0 atom stereocenters. The third kappa shape index (κ3) is 5.27. The highest BCUT2D eigenvalue weighted by atomic mass is 35.5. The van der Waals surface area contributed by atoms with E-state index in [4.69, 9.17) is 16.3 Å². The molecule has 25 heavy (non-hydrogen) atoms. The predicted octanol–water partition coefficient (Wildman–Crippen LogP) is 5.45. The number of nitrogens with zero attached hydrogens (tertiary/aromatic N) is 1. The topological polar surface area (TPSA) is 39.2 Å². The Hall–Kier alpha value is -1.94. The van der Waals surface area contributed by atoms with Crippen molar-refractivity contribution in [2.24, 2.45) is 5.41 Å². The van der Waals surface area contributed by atoms with E-state index in [9.17, 15) is 9.18 Å². The molecular weight excluding hydrogens is 341 g/mol. The van der Waals surface area contributed by atoms with Gasteiger partial charge in [0.25, 0.3) is 0 Å². The summed E-state index contributed by atoms with van der Waals surface area (Å²) in [6.07, 6.45) is 2.33. The fraction of sp³-hybridized carbons (Fsp3) is 0.400. The second kappa shape index (κ2) is 8.43. The molecule has 0 fully saturated rings. The van der Waals surface area contributed by atoms with E-state index >= 15 is 0 Å². The minimum Gasteiger partial charge on any atom is -0.465 e. The summed E-state index contributed by atoms with van der Waals surface area (Å²) in [6.45, 7) is 6.20. The van der Waals surface area contributed by atoms with Gasteiger partial charge in [0.05, 0.1) is 12.0 Å². The third-order valence-corrected chi connectivity index (χ3v) is 4.15. The van der Waals surface area contributed by atoms with E-state index in [1.807, 2.05) is 39.0 Å². The highest BCUT2D eigenvalue weighted by molar-refractivity contribution is 6.29. The van der Waals surface area contributed by atoms with Crippen molar-refractivity contribution in [1.82, 2.24) is 4.98 Å². The minimum absolute atomic E-state index is 0.206. The summed E-state index contributed by atoms with van der Waals surface area (Å²) in [4.78, 5) is 16.4. The Morgan fingerprint density at radius 2 is 2.04 bits per heavy atom. The number of pyridine rings is 1. The molecule has 0 aliphatic carbocycles. The van der Waals surface area contributed by atoms with E-state index in [-0.39, 0.29) is 16.8 Å². The second-order valence-corrected chi connectivity index (χ2v) is 7.10. The van der Waals surface area contributed by atoms with Gasteiger partial charge in [-0.1, -0.05) is 43.1 Å². The van der Waals surface area contributed by atoms with Crippen LogP contribution in [0, 0.1) is 11.2 Å². The van der Waals surface area contributed by atoms with Crippen LogP contribution in [0.4, 0.5) is 4.39 Å². The number of hydrogen-bond acceptors (Lipinski definition) is 3. The molecular formula is C20H23ClFNO2. The van der Waals surface area contributed by atoms with Crippen molar-refractivity contribution in [3.63, 3.8) is 0 Å². The molecule has 0 unspecified atom stereocenters. The van der Waals surface area contributed by atoms with E-state index in [1.54, 1.807) is 6.07 Å². The molecule has 0 saturated carbocycles. The molecule has 134 valence electrons. The quantitative estimate of drug-likeness (QED) is 0.373. The number of ether oxygens (including phenoxy) is 1. The number of benzene rings is 1. The van der Waals surface area contributed by atoms with Crippen molar-refractivity contribution in [3.05, 3.63) is 52.9 Å². The fourth-order valence-corrected chi connectivity index (χ4v) is 2.68. The Labute approximate surface area is 153 Å². The van der Waals surface area contributed by atoms with Crippen LogP contribution in [0.2, 0.25) is 5.15 Å². The van der Waals surface area contributed by atoms with Crippen LogP contribution in [0.15, 0.2) is 36.4 Å². The zero-order valence-electron chi connectivity index (χ0n) is 14.8. The zero-order chi connectivity index (χ0) is 18.4. The molecule has 0 amide bonds. The zero-order valence-corrected chi connectivity index (χ0v) is 15.6. The monoisotopic (exact) mass is 363 g/mol. The van der Waals surface area contributed by atoms with Gasteiger partial charge < -0.3 is 4.74 Å². The maximum absolute atomic E-state index is 14.0. The smallest absolute Gasteiger partial charge is 0.311 e. The van der Waals surface area contributed by atoms with Gasteiger partial charge in [0.2, 0.25) is 0 Å². The number of halogens is 2. The van der Waals surface area contributed by atoms with Gasteiger partial charge in [-0.05, 0) is 50.5 Å². The van der Waals surface area contributed by atoms with Crippen molar-refractivity contribution < 1.29 is 13.9 Å². The van der Waals surface area contributed by atoms with Crippen LogP contribution in [0.3, 0.4) is 0 Å². The summed E-state index contributed by atoms with van der Waals surface area (Å²) in [7, 11) is 0. The highest BCUT2D eigenvalue weighted by Gasteiger charge is 2.29. The maximum atomic E-state index is 14.0. The van der Waals surface area contributed by atoms with Gasteiger partial charge in [-0.2, -0.15) is 0 Å². The normalized spacial score (nSPS) is 11.4. The Bertz CT molecular complexity index is 746. The molecule has 0 spiro atoms. The molecule has 2 aromatic rings. The van der Waals surface area contributed by atoms with Crippen LogP contribution in [0.25, 0.3) is 11.3 Å². The van der Waals surface area contributed by atoms with Gasteiger partial charge in [0.15, 0.2) is 0 Å². The van der Waals surface area contributed by atoms with Crippen molar-refractivity contribution in [1.29, 1.82) is 0 Å². The number of esters is 1. The van der Waals surface area contributed by atoms with E-state index in [0.717, 1.165) is 18.4 Å². The van der Waals surface area contributed by atoms with Gasteiger partial charge in [0.1, 0.15) is 16.7 Å². The average molecular weight is 364 g/mol. The predicted molar refractivity (Wildman–Crippen MR) is 98.0 cm³/mol. The highest BCUT2D eigenvalue weighted by Crippen LogP contribution is 2.28. The summed E-state index contributed by atoms with van der Waals surface area (Å²) in [5, 5.41) is 0.238. The van der Waals surface area contributed by atoms with E-state index < -0.39 is 11.2 Å². The van der Waals surface area contributed by atoms with Crippen LogP contribution in [-0.2, 0) is 16.0 Å². The lowest BCUT2D eigenvalue weighted by Gasteiger charge is -2.23. The number of unbranched alkanes of at least 4 members (excludes halogenated alkanes) is 1. The summed E-state index contributed by atoms with van der Waals surface area (Å²) in [5.41, 5.74) is 1.09. The van der Waals surface area contributed by atoms with E-state index in [1.165, 1.54) is 12.1 Å². The Morgan fingerprint density at radius 3 is 2.76 bits per heavy atom. The molecule has 1 aromatic heterocycles. The van der Waals surface area contributed by atoms with Crippen LogP contribution in [0.1, 0.15) is 39.2 Å². The van der Waals surface area contributed by atoms with Gasteiger partial charge in [0, 0.05) is 5.56 Å². The van der Waals surface area contributed by atoms with Gasteiger partial charge in [-0.3, -0.25) is 4.79 Å². The fourth-order valence-electron chi connectivity index (χ4n) is 2.54. The van der Waals surface area contributed by atoms with Gasteiger partial charge >= 0.3 is 5.97 Å². The van der Waals surface area contributed by atoms with Crippen LogP contribution in [-0.4, -0.2) is 17.6 Å². The third-order valence-electron chi connectivity index (χ3n) is 3.94.